The second kappa shape index (κ2) is 4.08. The number of rotatable bonds is 3. The number of nitrogens with two attached hydrogens (primary N) is 1. The number of carboxylic acid groups (broad SMARTS) is 1. The van der Waals surface area contributed by atoms with Crippen molar-refractivity contribution in [3.63, 3.8) is 0 Å². The van der Waals surface area contributed by atoms with E-state index in [0.29, 0.717) is 0 Å². The van der Waals surface area contributed by atoms with Crippen molar-refractivity contribution in [2.24, 2.45) is 11.7 Å². The van der Waals surface area contributed by atoms with E-state index in [4.69, 9.17) is 10.8 Å². The molecule has 0 aromatic rings. The van der Waals surface area contributed by atoms with Gasteiger partial charge in [-0.3, -0.25) is 4.79 Å². The molecule has 0 aromatic carbocycles. The molecule has 3 nitrogen and oxygen atoms in total. The number of carboxylic acids is 1. The highest BCUT2D eigenvalue weighted by Crippen LogP contribution is 2.39. The van der Waals surface area contributed by atoms with Crippen LogP contribution >= 0.6 is 0 Å². The maximum atomic E-state index is 14.0. The number of aliphatic carboxylic acids is 1. The second-order valence-corrected chi connectivity index (χ2v) is 4.98. The van der Waals surface area contributed by atoms with E-state index in [0.717, 1.165) is 32.1 Å². The molecule has 0 bridgehead atoms. The van der Waals surface area contributed by atoms with Crippen LogP contribution in [0.15, 0.2) is 0 Å². The highest BCUT2D eigenvalue weighted by Gasteiger charge is 2.54. The molecule has 0 saturated heterocycles. The second-order valence-electron chi connectivity index (χ2n) is 4.98. The molecule has 0 spiro atoms. The van der Waals surface area contributed by atoms with Gasteiger partial charge in [0, 0.05) is 0 Å². The Balaban J connectivity index is 2.94. The van der Waals surface area contributed by atoms with E-state index in [9.17, 15) is 9.18 Å². The molecule has 4 heteroatoms. The van der Waals surface area contributed by atoms with Gasteiger partial charge in [-0.1, -0.05) is 19.3 Å². The van der Waals surface area contributed by atoms with Crippen LogP contribution in [0.1, 0.15) is 46.0 Å². The van der Waals surface area contributed by atoms with Gasteiger partial charge in [-0.15, -0.1) is 0 Å². The third-order valence-electron chi connectivity index (χ3n) is 3.59. The Bertz CT molecular complexity index is 243. The molecule has 1 aliphatic rings. The van der Waals surface area contributed by atoms with E-state index in [1.165, 1.54) is 13.8 Å². The minimum Gasteiger partial charge on any atom is -0.480 e. The molecule has 1 saturated carbocycles. The lowest BCUT2D eigenvalue weighted by Crippen LogP contribution is -2.65. The number of hydrogen-bond donors (Lipinski definition) is 2. The van der Waals surface area contributed by atoms with Gasteiger partial charge in [0.2, 0.25) is 0 Å². The quantitative estimate of drug-likeness (QED) is 0.761. The van der Waals surface area contributed by atoms with Crippen molar-refractivity contribution in [2.75, 3.05) is 0 Å². The Labute approximate surface area is 89.8 Å². The highest BCUT2D eigenvalue weighted by atomic mass is 19.1. The standard InChI is InChI=1S/C11H20FNO2/c1-10(2,12)11(13,9(14)15)8-6-4-3-5-7-8/h8H,3-7,13H2,1-2H3,(H,14,15). The van der Waals surface area contributed by atoms with Crippen molar-refractivity contribution in [3.05, 3.63) is 0 Å². The third-order valence-corrected chi connectivity index (χ3v) is 3.59. The summed E-state index contributed by atoms with van der Waals surface area (Å²) in [5.41, 5.74) is 2.19. The summed E-state index contributed by atoms with van der Waals surface area (Å²) in [6.45, 7) is 2.52. The third kappa shape index (κ3) is 2.14. The first-order valence-electron chi connectivity index (χ1n) is 5.51. The molecule has 1 atom stereocenters. The van der Waals surface area contributed by atoms with E-state index in [1.807, 2.05) is 0 Å². The Hall–Kier alpha value is -0.640. The summed E-state index contributed by atoms with van der Waals surface area (Å²) >= 11 is 0. The van der Waals surface area contributed by atoms with Gasteiger partial charge < -0.3 is 10.8 Å². The van der Waals surface area contributed by atoms with Crippen LogP contribution in [0, 0.1) is 5.92 Å². The Morgan fingerprint density at radius 2 is 1.80 bits per heavy atom. The van der Waals surface area contributed by atoms with Gasteiger partial charge in [-0.25, -0.2) is 4.39 Å². The molecule has 0 radical (unpaired) electrons. The Kier molecular flexibility index (Phi) is 3.38. The highest BCUT2D eigenvalue weighted by molar-refractivity contribution is 5.80. The summed E-state index contributed by atoms with van der Waals surface area (Å²) in [6.07, 6.45) is 4.44. The first-order valence-corrected chi connectivity index (χ1v) is 5.51. The van der Waals surface area contributed by atoms with Crippen LogP contribution in [0.3, 0.4) is 0 Å². The predicted octanol–water partition coefficient (Wildman–Crippen LogP) is 2.10. The lowest BCUT2D eigenvalue weighted by atomic mass is 9.68. The molecule has 0 heterocycles. The summed E-state index contributed by atoms with van der Waals surface area (Å²) in [5.74, 6) is -1.47. The summed E-state index contributed by atoms with van der Waals surface area (Å²) in [4.78, 5) is 11.2. The van der Waals surface area contributed by atoms with Crippen LogP contribution in [-0.4, -0.2) is 22.3 Å². The van der Waals surface area contributed by atoms with Gasteiger partial charge in [-0.2, -0.15) is 0 Å². The van der Waals surface area contributed by atoms with Crippen LogP contribution in [-0.2, 0) is 4.79 Å². The zero-order chi connectivity index (χ0) is 11.7. The average Bonchev–Trinajstić information content (AvgIpc) is 2.16. The minimum absolute atomic E-state index is 0.247. The van der Waals surface area contributed by atoms with E-state index in [2.05, 4.69) is 0 Å². The van der Waals surface area contributed by atoms with Gasteiger partial charge in [0.1, 0.15) is 5.67 Å². The van der Waals surface area contributed by atoms with Crippen molar-refractivity contribution in [3.8, 4) is 0 Å². The van der Waals surface area contributed by atoms with Crippen molar-refractivity contribution in [1.29, 1.82) is 0 Å². The van der Waals surface area contributed by atoms with Gasteiger partial charge in [-0.05, 0) is 32.6 Å². The predicted molar refractivity (Wildman–Crippen MR) is 56.3 cm³/mol. The Morgan fingerprint density at radius 3 is 2.13 bits per heavy atom. The number of hydrogen-bond acceptors (Lipinski definition) is 2. The number of halogens is 1. The molecule has 0 aromatic heterocycles. The van der Waals surface area contributed by atoms with Gasteiger partial charge in [0.25, 0.3) is 0 Å². The van der Waals surface area contributed by atoms with E-state index >= 15 is 0 Å². The first kappa shape index (κ1) is 12.4. The summed E-state index contributed by atoms with van der Waals surface area (Å²) < 4.78 is 14.0. The largest absolute Gasteiger partial charge is 0.480 e. The smallest absolute Gasteiger partial charge is 0.327 e. The molecule has 0 amide bonds. The molecular weight excluding hydrogens is 197 g/mol. The van der Waals surface area contributed by atoms with Gasteiger partial charge in [0.05, 0.1) is 0 Å². The van der Waals surface area contributed by atoms with E-state index < -0.39 is 17.2 Å². The number of alkyl halides is 1. The van der Waals surface area contributed by atoms with Crippen molar-refractivity contribution in [1.82, 2.24) is 0 Å². The Morgan fingerprint density at radius 1 is 1.33 bits per heavy atom. The molecule has 1 unspecified atom stereocenters. The molecule has 1 aliphatic carbocycles. The zero-order valence-electron chi connectivity index (χ0n) is 9.42. The van der Waals surface area contributed by atoms with E-state index in [1.54, 1.807) is 0 Å². The summed E-state index contributed by atoms with van der Waals surface area (Å²) in [6, 6.07) is 0. The van der Waals surface area contributed by atoms with Crippen LogP contribution in [0.25, 0.3) is 0 Å². The normalized spacial score (nSPS) is 23.5. The average molecular weight is 217 g/mol. The minimum atomic E-state index is -1.89. The van der Waals surface area contributed by atoms with E-state index in [-0.39, 0.29) is 5.92 Å². The summed E-state index contributed by atoms with van der Waals surface area (Å²) in [5, 5.41) is 9.16. The van der Waals surface area contributed by atoms with Crippen molar-refractivity contribution < 1.29 is 14.3 Å². The van der Waals surface area contributed by atoms with Crippen molar-refractivity contribution in [2.45, 2.75) is 57.2 Å². The zero-order valence-corrected chi connectivity index (χ0v) is 9.42. The van der Waals surface area contributed by atoms with Crippen LogP contribution < -0.4 is 5.73 Å². The molecule has 3 N–H and O–H groups in total. The van der Waals surface area contributed by atoms with Gasteiger partial charge in [0.15, 0.2) is 5.54 Å². The lowest BCUT2D eigenvalue weighted by molar-refractivity contribution is -0.153. The van der Waals surface area contributed by atoms with Crippen LogP contribution in [0.2, 0.25) is 0 Å². The van der Waals surface area contributed by atoms with Crippen molar-refractivity contribution >= 4 is 5.97 Å². The molecule has 0 aliphatic heterocycles. The lowest BCUT2D eigenvalue weighted by Gasteiger charge is -2.42. The monoisotopic (exact) mass is 217 g/mol. The topological polar surface area (TPSA) is 63.3 Å². The molecular formula is C11H20FNO2. The van der Waals surface area contributed by atoms with Gasteiger partial charge >= 0.3 is 5.97 Å². The molecule has 15 heavy (non-hydrogen) atoms. The SMILES string of the molecule is CC(C)(F)C(N)(C(=O)O)C1CCCCC1. The fourth-order valence-corrected chi connectivity index (χ4v) is 2.47. The molecule has 88 valence electrons. The molecule has 1 fully saturated rings. The first-order chi connectivity index (χ1) is 6.80. The fraction of sp³-hybridized carbons (Fsp3) is 0.909. The van der Waals surface area contributed by atoms with Crippen LogP contribution in [0.4, 0.5) is 4.39 Å². The number of carbonyl (C=O) groups is 1. The van der Waals surface area contributed by atoms with Crippen LogP contribution in [0.5, 0.6) is 0 Å². The maximum Gasteiger partial charge on any atom is 0.327 e. The fourth-order valence-electron chi connectivity index (χ4n) is 2.47. The molecule has 1 rings (SSSR count). The maximum absolute atomic E-state index is 14.0. The summed E-state index contributed by atoms with van der Waals surface area (Å²) in [7, 11) is 0.